The topological polar surface area (TPSA) is 35.5 Å². The van der Waals surface area contributed by atoms with Gasteiger partial charge in [0.1, 0.15) is 6.10 Å². The molecule has 0 amide bonds. The van der Waals surface area contributed by atoms with Crippen molar-refractivity contribution in [3.05, 3.63) is 35.9 Å². The number of ether oxygens (including phenoxy) is 2. The molecule has 0 N–H and O–H groups in total. The van der Waals surface area contributed by atoms with Crippen molar-refractivity contribution in [1.29, 1.82) is 0 Å². The monoisotopic (exact) mass is 302 g/mol. The minimum Gasteiger partial charge on any atom is -0.460 e. The molecule has 3 nitrogen and oxygen atoms in total. The van der Waals surface area contributed by atoms with Crippen molar-refractivity contribution < 1.29 is 14.3 Å². The van der Waals surface area contributed by atoms with Crippen LogP contribution in [0.3, 0.4) is 0 Å². The van der Waals surface area contributed by atoms with Crippen molar-refractivity contribution in [3.8, 4) is 0 Å². The Morgan fingerprint density at radius 3 is 2.68 bits per heavy atom. The minimum absolute atomic E-state index is 0.0478. The van der Waals surface area contributed by atoms with Crippen molar-refractivity contribution in [2.75, 3.05) is 7.11 Å². The molecule has 22 heavy (non-hydrogen) atoms. The maximum absolute atomic E-state index is 12.6. The van der Waals surface area contributed by atoms with E-state index >= 15 is 0 Å². The fourth-order valence-corrected chi connectivity index (χ4v) is 4.40. The number of methoxy groups -OCH3 is 1. The minimum atomic E-state index is -0.618. The van der Waals surface area contributed by atoms with Crippen molar-refractivity contribution in [1.82, 2.24) is 0 Å². The fourth-order valence-electron chi connectivity index (χ4n) is 4.40. The Morgan fingerprint density at radius 1 is 1.18 bits per heavy atom. The van der Waals surface area contributed by atoms with Crippen LogP contribution in [0, 0.1) is 11.3 Å². The lowest BCUT2D eigenvalue weighted by atomic mass is 9.68. The molecule has 2 aliphatic carbocycles. The Bertz CT molecular complexity index is 513. The molecule has 0 unspecified atom stereocenters. The standard InChI is InChI=1S/C19H26O3/c1-19-13-7-6-10-15(19)11-12-16(19)22-18(20)17(21-2)14-8-4-3-5-9-14/h3-5,8-9,15-17H,6-7,10-13H2,1-2H3/t15-,16+,17+,19+/m0/s1. The van der Waals surface area contributed by atoms with Gasteiger partial charge in [0.15, 0.2) is 6.10 Å². The molecule has 2 aliphatic rings. The zero-order valence-electron chi connectivity index (χ0n) is 13.6. The molecule has 120 valence electrons. The lowest BCUT2D eigenvalue weighted by Gasteiger charge is -2.40. The van der Waals surface area contributed by atoms with E-state index in [0.717, 1.165) is 17.9 Å². The molecule has 0 aliphatic heterocycles. The zero-order chi connectivity index (χ0) is 15.6. The van der Waals surface area contributed by atoms with Crippen LogP contribution in [0.4, 0.5) is 0 Å². The van der Waals surface area contributed by atoms with E-state index in [4.69, 9.17) is 9.47 Å². The summed E-state index contributed by atoms with van der Waals surface area (Å²) in [6, 6.07) is 9.60. The number of carbonyl (C=O) groups is 1. The summed E-state index contributed by atoms with van der Waals surface area (Å²) < 4.78 is 11.3. The molecule has 0 spiro atoms. The Hall–Kier alpha value is -1.35. The first kappa shape index (κ1) is 15.5. The van der Waals surface area contributed by atoms with Gasteiger partial charge in [0.25, 0.3) is 0 Å². The van der Waals surface area contributed by atoms with E-state index in [1.165, 1.54) is 32.1 Å². The second-order valence-electron chi connectivity index (χ2n) is 6.98. The number of carbonyl (C=O) groups excluding carboxylic acids is 1. The van der Waals surface area contributed by atoms with Gasteiger partial charge < -0.3 is 9.47 Å². The molecule has 2 saturated carbocycles. The summed E-state index contributed by atoms with van der Waals surface area (Å²) >= 11 is 0. The SMILES string of the molecule is CO[C@@H](C(=O)O[C@@H]1CC[C@@H]2CCCC[C@]21C)c1ccccc1. The number of benzene rings is 1. The summed E-state index contributed by atoms with van der Waals surface area (Å²) in [4.78, 5) is 12.6. The first-order valence-electron chi connectivity index (χ1n) is 8.43. The molecule has 0 radical (unpaired) electrons. The lowest BCUT2D eigenvalue weighted by Crippen LogP contribution is -2.38. The predicted octanol–water partition coefficient (Wildman–Crippen LogP) is 4.28. The maximum atomic E-state index is 12.6. The van der Waals surface area contributed by atoms with Crippen LogP contribution < -0.4 is 0 Å². The highest BCUT2D eigenvalue weighted by molar-refractivity contribution is 5.76. The van der Waals surface area contributed by atoms with Crippen LogP contribution in [-0.4, -0.2) is 19.2 Å². The van der Waals surface area contributed by atoms with Crippen LogP contribution in [0.25, 0.3) is 0 Å². The summed E-state index contributed by atoms with van der Waals surface area (Å²) in [7, 11) is 1.57. The highest BCUT2D eigenvalue weighted by atomic mass is 16.6. The number of hydrogen-bond donors (Lipinski definition) is 0. The van der Waals surface area contributed by atoms with Crippen LogP contribution in [0.15, 0.2) is 30.3 Å². The van der Waals surface area contributed by atoms with Gasteiger partial charge in [-0.2, -0.15) is 0 Å². The van der Waals surface area contributed by atoms with E-state index < -0.39 is 6.10 Å². The molecule has 0 heterocycles. The largest absolute Gasteiger partial charge is 0.460 e. The third kappa shape index (κ3) is 2.79. The van der Waals surface area contributed by atoms with Gasteiger partial charge in [0, 0.05) is 12.5 Å². The van der Waals surface area contributed by atoms with Crippen LogP contribution in [0.2, 0.25) is 0 Å². The molecular formula is C19H26O3. The average molecular weight is 302 g/mol. The maximum Gasteiger partial charge on any atom is 0.340 e. The van der Waals surface area contributed by atoms with Crippen LogP contribution in [0.1, 0.15) is 57.1 Å². The highest BCUT2D eigenvalue weighted by Gasteiger charge is 2.49. The molecule has 4 atom stereocenters. The second-order valence-corrected chi connectivity index (χ2v) is 6.98. The highest BCUT2D eigenvalue weighted by Crippen LogP contribution is 2.53. The third-order valence-corrected chi connectivity index (χ3v) is 5.77. The van der Waals surface area contributed by atoms with E-state index in [0.29, 0.717) is 0 Å². The van der Waals surface area contributed by atoms with Crippen LogP contribution >= 0.6 is 0 Å². The Balaban J connectivity index is 1.71. The van der Waals surface area contributed by atoms with Gasteiger partial charge in [0.05, 0.1) is 0 Å². The first-order chi connectivity index (χ1) is 10.6. The average Bonchev–Trinajstić information content (AvgIpc) is 2.86. The molecule has 0 bridgehead atoms. The van der Waals surface area contributed by atoms with E-state index in [1.54, 1.807) is 7.11 Å². The lowest BCUT2D eigenvalue weighted by molar-refractivity contribution is -0.168. The van der Waals surface area contributed by atoms with Gasteiger partial charge >= 0.3 is 5.97 Å². The quantitative estimate of drug-likeness (QED) is 0.779. The van der Waals surface area contributed by atoms with E-state index in [2.05, 4.69) is 6.92 Å². The Kier molecular flexibility index (Phi) is 4.53. The number of rotatable bonds is 4. The molecule has 1 aromatic rings. The summed E-state index contributed by atoms with van der Waals surface area (Å²) in [5, 5.41) is 0. The number of hydrogen-bond acceptors (Lipinski definition) is 3. The van der Waals surface area contributed by atoms with Gasteiger partial charge in [-0.15, -0.1) is 0 Å². The van der Waals surface area contributed by atoms with Gasteiger partial charge in [0.2, 0.25) is 0 Å². The molecule has 0 saturated heterocycles. The van der Waals surface area contributed by atoms with E-state index in [-0.39, 0.29) is 17.5 Å². The molecule has 2 fully saturated rings. The first-order valence-corrected chi connectivity index (χ1v) is 8.43. The Morgan fingerprint density at radius 2 is 1.95 bits per heavy atom. The van der Waals surface area contributed by atoms with Crippen molar-refractivity contribution in [3.63, 3.8) is 0 Å². The van der Waals surface area contributed by atoms with Gasteiger partial charge in [-0.25, -0.2) is 4.79 Å². The summed E-state index contributed by atoms with van der Waals surface area (Å²) in [6.45, 7) is 2.31. The van der Waals surface area contributed by atoms with Crippen LogP contribution in [-0.2, 0) is 14.3 Å². The number of esters is 1. The van der Waals surface area contributed by atoms with E-state index in [1.807, 2.05) is 30.3 Å². The molecule has 1 aromatic carbocycles. The van der Waals surface area contributed by atoms with Gasteiger partial charge in [-0.1, -0.05) is 50.1 Å². The van der Waals surface area contributed by atoms with Crippen molar-refractivity contribution >= 4 is 5.97 Å². The van der Waals surface area contributed by atoms with Gasteiger partial charge in [-0.3, -0.25) is 0 Å². The molecular weight excluding hydrogens is 276 g/mol. The fraction of sp³-hybridized carbons (Fsp3) is 0.632. The molecule has 0 aromatic heterocycles. The molecule has 3 heteroatoms. The van der Waals surface area contributed by atoms with E-state index in [9.17, 15) is 4.79 Å². The summed E-state index contributed by atoms with van der Waals surface area (Å²) in [5.41, 5.74) is 1.03. The second kappa shape index (κ2) is 6.41. The smallest absolute Gasteiger partial charge is 0.340 e. The molecule has 3 rings (SSSR count). The third-order valence-electron chi connectivity index (χ3n) is 5.77. The summed E-state index contributed by atoms with van der Waals surface area (Å²) in [6.07, 6.45) is 6.67. The van der Waals surface area contributed by atoms with Crippen molar-refractivity contribution in [2.24, 2.45) is 11.3 Å². The van der Waals surface area contributed by atoms with Gasteiger partial charge in [-0.05, 0) is 37.2 Å². The van der Waals surface area contributed by atoms with Crippen LogP contribution in [0.5, 0.6) is 0 Å². The van der Waals surface area contributed by atoms with Crippen molar-refractivity contribution in [2.45, 2.75) is 57.7 Å². The summed E-state index contributed by atoms with van der Waals surface area (Å²) in [5.74, 6) is 0.475. The zero-order valence-corrected chi connectivity index (χ0v) is 13.6. The predicted molar refractivity (Wildman–Crippen MR) is 85.4 cm³/mol. The normalized spacial score (nSPS) is 32.3. The number of fused-ring (bicyclic) bond motifs is 1. The Labute approximate surface area is 133 Å².